The zero-order chi connectivity index (χ0) is 26.2. The minimum absolute atomic E-state index is 0.0168. The monoisotopic (exact) mass is 502 g/mol. The molecule has 0 saturated carbocycles. The van der Waals surface area contributed by atoms with E-state index in [2.05, 4.69) is 55.6 Å². The molecule has 35 heavy (non-hydrogen) atoms. The van der Waals surface area contributed by atoms with Crippen LogP contribution in [0.5, 0.6) is 0 Å². The maximum absolute atomic E-state index is 11.9. The first kappa shape index (κ1) is 33.7. The fourth-order valence-corrected chi connectivity index (χ4v) is 3.04. The Bertz CT molecular complexity index is 514. The highest BCUT2D eigenvalue weighted by molar-refractivity contribution is 5.78. The Morgan fingerprint density at radius 3 is 1.69 bits per heavy atom. The molecule has 0 fully saturated rings. The van der Waals surface area contributed by atoms with Gasteiger partial charge in [0.15, 0.2) is 0 Å². The maximum atomic E-state index is 11.9. The van der Waals surface area contributed by atoms with Gasteiger partial charge in [0.2, 0.25) is 11.8 Å². The highest BCUT2D eigenvalue weighted by Gasteiger charge is 2.15. The van der Waals surface area contributed by atoms with Crippen molar-refractivity contribution in [3.8, 4) is 0 Å². The van der Waals surface area contributed by atoms with E-state index in [-0.39, 0.29) is 17.4 Å². The molecule has 0 unspecified atom stereocenters. The molecule has 0 spiro atoms. The normalized spacial score (nSPS) is 11.7. The van der Waals surface area contributed by atoms with Crippen LogP contribution in [0.3, 0.4) is 0 Å². The molecule has 0 saturated heterocycles. The third kappa shape index (κ3) is 24.2. The minimum Gasteiger partial charge on any atom is -0.379 e. The Labute approximate surface area is 214 Å². The molecular weight excluding hydrogens is 448 g/mol. The van der Waals surface area contributed by atoms with Crippen molar-refractivity contribution in [2.75, 3.05) is 79.4 Å². The van der Waals surface area contributed by atoms with Crippen molar-refractivity contribution in [1.82, 2.24) is 20.9 Å². The van der Waals surface area contributed by atoms with Crippen molar-refractivity contribution >= 4 is 11.8 Å². The number of unbranched alkanes of at least 4 members (excludes halogenated alkanes) is 1. The summed E-state index contributed by atoms with van der Waals surface area (Å²) in [6.07, 6.45) is 5.11. The van der Waals surface area contributed by atoms with Crippen molar-refractivity contribution in [3.05, 3.63) is 0 Å². The van der Waals surface area contributed by atoms with Gasteiger partial charge in [0, 0.05) is 44.7 Å². The summed E-state index contributed by atoms with van der Waals surface area (Å²) in [5.74, 6) is 0.00487. The number of ether oxygens (including phenoxy) is 3. The van der Waals surface area contributed by atoms with Crippen LogP contribution in [0.4, 0.5) is 0 Å². The lowest BCUT2D eigenvalue weighted by Gasteiger charge is -2.31. The molecule has 0 rings (SSSR count). The van der Waals surface area contributed by atoms with Crippen LogP contribution in [0.15, 0.2) is 0 Å². The third-order valence-corrected chi connectivity index (χ3v) is 5.62. The van der Waals surface area contributed by atoms with Crippen molar-refractivity contribution in [2.45, 2.75) is 78.2 Å². The second kappa shape index (κ2) is 23.2. The molecule has 9 heteroatoms. The third-order valence-electron chi connectivity index (χ3n) is 5.62. The van der Waals surface area contributed by atoms with Gasteiger partial charge < -0.3 is 35.1 Å². The van der Waals surface area contributed by atoms with E-state index in [1.54, 1.807) is 0 Å². The first-order chi connectivity index (χ1) is 16.8. The summed E-state index contributed by atoms with van der Waals surface area (Å²) in [4.78, 5) is 26.1. The first-order valence-electron chi connectivity index (χ1n) is 13.5. The topological polar surface area (TPSA) is 101 Å². The van der Waals surface area contributed by atoms with E-state index >= 15 is 0 Å². The zero-order valence-electron chi connectivity index (χ0n) is 23.2. The molecule has 0 aliphatic heterocycles. The van der Waals surface area contributed by atoms with Gasteiger partial charge in [0.1, 0.15) is 0 Å². The molecule has 3 N–H and O–H groups in total. The molecule has 2 amide bonds. The van der Waals surface area contributed by atoms with E-state index in [1.807, 2.05) is 0 Å². The number of carbonyl (C=O) groups is 2. The Balaban J connectivity index is 3.36. The van der Waals surface area contributed by atoms with E-state index in [0.29, 0.717) is 65.4 Å². The average Bonchev–Trinajstić information content (AvgIpc) is 2.80. The van der Waals surface area contributed by atoms with Gasteiger partial charge in [-0.05, 0) is 79.6 Å². The first-order valence-corrected chi connectivity index (χ1v) is 13.5. The van der Waals surface area contributed by atoms with Crippen molar-refractivity contribution < 1.29 is 23.8 Å². The van der Waals surface area contributed by atoms with Crippen molar-refractivity contribution in [2.24, 2.45) is 0 Å². The quantitative estimate of drug-likeness (QED) is 0.174. The summed E-state index contributed by atoms with van der Waals surface area (Å²) < 4.78 is 16.4. The molecule has 0 radical (unpaired) electrons. The molecule has 0 atom stereocenters. The number of rotatable bonds is 24. The van der Waals surface area contributed by atoms with Crippen LogP contribution in [0.25, 0.3) is 0 Å². The maximum Gasteiger partial charge on any atom is 0.220 e. The Kier molecular flexibility index (Phi) is 22.3. The predicted molar refractivity (Wildman–Crippen MR) is 142 cm³/mol. The lowest BCUT2D eigenvalue weighted by molar-refractivity contribution is -0.122. The van der Waals surface area contributed by atoms with Gasteiger partial charge in [-0.1, -0.05) is 6.92 Å². The van der Waals surface area contributed by atoms with E-state index in [0.717, 1.165) is 51.9 Å². The van der Waals surface area contributed by atoms with Gasteiger partial charge in [-0.25, -0.2) is 0 Å². The molecule has 0 aliphatic rings. The van der Waals surface area contributed by atoms with Gasteiger partial charge in [-0.2, -0.15) is 0 Å². The molecule has 9 nitrogen and oxygen atoms in total. The Morgan fingerprint density at radius 1 is 0.686 bits per heavy atom. The van der Waals surface area contributed by atoms with Crippen LogP contribution in [-0.2, 0) is 23.8 Å². The SMILES string of the molecule is CCNCCCOCCOCCOCCCNC(=O)CCCC(=O)NCCCCN(C)C(C)(C)C. The number of nitrogens with one attached hydrogen (secondary N) is 3. The summed E-state index contributed by atoms with van der Waals surface area (Å²) in [7, 11) is 2.12. The highest BCUT2D eigenvalue weighted by Crippen LogP contribution is 2.10. The van der Waals surface area contributed by atoms with Crippen LogP contribution in [0.2, 0.25) is 0 Å². The number of hydrogen-bond donors (Lipinski definition) is 3. The molecule has 0 aromatic heterocycles. The fourth-order valence-electron chi connectivity index (χ4n) is 3.04. The van der Waals surface area contributed by atoms with Gasteiger partial charge in [-0.15, -0.1) is 0 Å². The molecule has 0 aromatic carbocycles. The van der Waals surface area contributed by atoms with E-state index in [9.17, 15) is 9.59 Å². The standard InChI is InChI=1S/C26H54N4O5/c1-6-27-14-10-18-33-20-22-35-23-21-34-19-11-16-29-25(32)13-9-12-24(31)28-15-7-8-17-30(5)26(2,3)4/h27H,6-23H2,1-5H3,(H,28,31)(H,29,32). The van der Waals surface area contributed by atoms with Crippen LogP contribution >= 0.6 is 0 Å². The number of carbonyl (C=O) groups excluding carboxylic acids is 2. The molecule has 0 aromatic rings. The summed E-state index contributed by atoms with van der Waals surface area (Å²) in [6, 6.07) is 0. The molecule has 0 aliphatic carbocycles. The van der Waals surface area contributed by atoms with Crippen LogP contribution in [0.1, 0.15) is 72.6 Å². The van der Waals surface area contributed by atoms with Crippen molar-refractivity contribution in [3.63, 3.8) is 0 Å². The molecule has 0 bridgehead atoms. The Hall–Kier alpha value is -1.26. The summed E-state index contributed by atoms with van der Waals surface area (Å²) in [6.45, 7) is 16.6. The fraction of sp³-hybridized carbons (Fsp3) is 0.923. The summed E-state index contributed by atoms with van der Waals surface area (Å²) >= 11 is 0. The number of nitrogens with zero attached hydrogens (tertiary/aromatic N) is 1. The van der Waals surface area contributed by atoms with Crippen LogP contribution in [-0.4, -0.2) is 102 Å². The predicted octanol–water partition coefficient (Wildman–Crippen LogP) is 2.34. The van der Waals surface area contributed by atoms with Crippen LogP contribution < -0.4 is 16.0 Å². The second-order valence-electron chi connectivity index (χ2n) is 9.75. The molecular formula is C26H54N4O5. The van der Waals surface area contributed by atoms with Gasteiger partial charge >= 0.3 is 0 Å². The van der Waals surface area contributed by atoms with Crippen LogP contribution in [0, 0.1) is 0 Å². The largest absolute Gasteiger partial charge is 0.379 e. The van der Waals surface area contributed by atoms with Crippen molar-refractivity contribution in [1.29, 1.82) is 0 Å². The lowest BCUT2D eigenvalue weighted by atomic mass is 10.1. The second-order valence-corrected chi connectivity index (χ2v) is 9.75. The van der Waals surface area contributed by atoms with E-state index in [4.69, 9.17) is 14.2 Å². The van der Waals surface area contributed by atoms with E-state index < -0.39 is 0 Å². The summed E-state index contributed by atoms with van der Waals surface area (Å²) in [5.41, 5.74) is 0.174. The van der Waals surface area contributed by atoms with Gasteiger partial charge in [0.25, 0.3) is 0 Å². The molecule has 0 heterocycles. The Morgan fingerprint density at radius 2 is 1.17 bits per heavy atom. The minimum atomic E-state index is -0.0168. The zero-order valence-corrected chi connectivity index (χ0v) is 23.2. The van der Waals surface area contributed by atoms with E-state index in [1.165, 1.54) is 0 Å². The average molecular weight is 503 g/mol. The summed E-state index contributed by atoms with van der Waals surface area (Å²) in [5, 5.41) is 9.07. The highest BCUT2D eigenvalue weighted by atomic mass is 16.5. The van der Waals surface area contributed by atoms with Gasteiger partial charge in [-0.3, -0.25) is 9.59 Å². The number of hydrogen-bond acceptors (Lipinski definition) is 7. The number of amides is 2. The molecule has 208 valence electrons. The smallest absolute Gasteiger partial charge is 0.220 e. The lowest BCUT2D eigenvalue weighted by Crippen LogP contribution is -2.38. The van der Waals surface area contributed by atoms with Gasteiger partial charge in [0.05, 0.1) is 26.4 Å².